The molecular formula is C22H20N4O2S. The monoisotopic (exact) mass is 404 g/mol. The summed E-state index contributed by atoms with van der Waals surface area (Å²) in [6.45, 7) is 1.13. The molecule has 0 unspecified atom stereocenters. The van der Waals surface area contributed by atoms with Crippen molar-refractivity contribution in [2.75, 3.05) is 12.0 Å². The standard InChI is InChI=1S/C22H20N4O2S/c1-28-20-10-8-19(9-11-20)26(14-21-3-2-12-29-21)22(27)18-6-4-17(5-7-18)13-25-16-23-15-24-25/h2-12,15-16H,13-14H2,1H3. The minimum atomic E-state index is -0.0455. The van der Waals surface area contributed by atoms with Gasteiger partial charge in [-0.15, -0.1) is 11.3 Å². The molecule has 4 rings (SSSR count). The highest BCUT2D eigenvalue weighted by Gasteiger charge is 2.19. The van der Waals surface area contributed by atoms with Gasteiger partial charge in [0.15, 0.2) is 0 Å². The number of hydrogen-bond acceptors (Lipinski definition) is 5. The Kier molecular flexibility index (Phi) is 5.67. The van der Waals surface area contributed by atoms with Crippen LogP contribution in [0.4, 0.5) is 5.69 Å². The van der Waals surface area contributed by atoms with Gasteiger partial charge in [0.2, 0.25) is 0 Å². The average Bonchev–Trinajstić information content (AvgIpc) is 3.46. The lowest BCUT2D eigenvalue weighted by atomic mass is 10.1. The third kappa shape index (κ3) is 4.52. The number of carbonyl (C=O) groups excluding carboxylic acids is 1. The van der Waals surface area contributed by atoms with E-state index in [9.17, 15) is 4.79 Å². The first-order valence-corrected chi connectivity index (χ1v) is 10.0. The van der Waals surface area contributed by atoms with Crippen LogP contribution >= 0.6 is 11.3 Å². The Morgan fingerprint density at radius 1 is 1.10 bits per heavy atom. The number of ether oxygens (including phenoxy) is 1. The minimum absolute atomic E-state index is 0.0455. The first-order valence-electron chi connectivity index (χ1n) is 9.12. The summed E-state index contributed by atoms with van der Waals surface area (Å²) >= 11 is 1.64. The third-order valence-electron chi connectivity index (χ3n) is 4.54. The van der Waals surface area contributed by atoms with Crippen molar-refractivity contribution in [3.63, 3.8) is 0 Å². The van der Waals surface area contributed by atoms with E-state index in [2.05, 4.69) is 10.1 Å². The van der Waals surface area contributed by atoms with Crippen LogP contribution < -0.4 is 9.64 Å². The van der Waals surface area contributed by atoms with Gasteiger partial charge in [-0.2, -0.15) is 5.10 Å². The number of carbonyl (C=O) groups is 1. The van der Waals surface area contributed by atoms with Crippen LogP contribution in [-0.2, 0) is 13.1 Å². The lowest BCUT2D eigenvalue weighted by Crippen LogP contribution is -2.30. The Morgan fingerprint density at radius 3 is 2.52 bits per heavy atom. The smallest absolute Gasteiger partial charge is 0.258 e. The molecule has 0 bridgehead atoms. The van der Waals surface area contributed by atoms with Gasteiger partial charge >= 0.3 is 0 Å². The summed E-state index contributed by atoms with van der Waals surface area (Å²) in [6.07, 6.45) is 3.18. The van der Waals surface area contributed by atoms with E-state index < -0.39 is 0 Å². The largest absolute Gasteiger partial charge is 0.497 e. The molecule has 0 spiro atoms. The van der Waals surface area contributed by atoms with Crippen LogP contribution in [0.1, 0.15) is 20.8 Å². The first kappa shape index (κ1) is 18.9. The Balaban J connectivity index is 1.58. The number of rotatable bonds is 7. The zero-order valence-electron chi connectivity index (χ0n) is 15.9. The molecule has 0 saturated heterocycles. The van der Waals surface area contributed by atoms with Crippen molar-refractivity contribution in [2.45, 2.75) is 13.1 Å². The number of thiophene rings is 1. The van der Waals surface area contributed by atoms with Crippen LogP contribution in [0.5, 0.6) is 5.75 Å². The SMILES string of the molecule is COc1ccc(N(Cc2cccs2)C(=O)c2ccc(Cn3cncn3)cc2)cc1. The fraction of sp³-hybridized carbons (Fsp3) is 0.136. The van der Waals surface area contributed by atoms with Crippen molar-refractivity contribution in [3.05, 3.63) is 94.7 Å². The van der Waals surface area contributed by atoms with Crippen LogP contribution in [0.2, 0.25) is 0 Å². The molecule has 2 heterocycles. The molecule has 2 aromatic heterocycles. The summed E-state index contributed by atoms with van der Waals surface area (Å²) in [7, 11) is 1.63. The van der Waals surface area contributed by atoms with Crippen LogP contribution in [0.3, 0.4) is 0 Å². The highest BCUT2D eigenvalue weighted by molar-refractivity contribution is 7.09. The van der Waals surface area contributed by atoms with E-state index in [-0.39, 0.29) is 5.91 Å². The number of hydrogen-bond donors (Lipinski definition) is 0. The van der Waals surface area contributed by atoms with E-state index in [0.29, 0.717) is 18.7 Å². The molecule has 0 N–H and O–H groups in total. The van der Waals surface area contributed by atoms with Gasteiger partial charge in [0.05, 0.1) is 20.2 Å². The lowest BCUT2D eigenvalue weighted by molar-refractivity contribution is 0.0985. The second-order valence-corrected chi connectivity index (χ2v) is 7.49. The van der Waals surface area contributed by atoms with E-state index in [4.69, 9.17) is 4.74 Å². The maximum atomic E-state index is 13.3. The number of amides is 1. The van der Waals surface area contributed by atoms with Gasteiger partial charge in [0, 0.05) is 16.1 Å². The van der Waals surface area contributed by atoms with E-state index in [0.717, 1.165) is 21.9 Å². The minimum Gasteiger partial charge on any atom is -0.497 e. The molecule has 0 fully saturated rings. The quantitative estimate of drug-likeness (QED) is 0.462. The highest BCUT2D eigenvalue weighted by Crippen LogP contribution is 2.24. The molecule has 0 aliphatic heterocycles. The Hall–Kier alpha value is -3.45. The predicted octanol–water partition coefficient (Wildman–Crippen LogP) is 4.24. The molecular weight excluding hydrogens is 384 g/mol. The molecule has 0 atom stereocenters. The van der Waals surface area contributed by atoms with Gasteiger partial charge < -0.3 is 9.64 Å². The van der Waals surface area contributed by atoms with E-state index in [1.165, 1.54) is 6.33 Å². The Bertz CT molecular complexity index is 1040. The third-order valence-corrected chi connectivity index (χ3v) is 5.40. The molecule has 0 aliphatic rings. The van der Waals surface area contributed by atoms with Crippen LogP contribution in [0.15, 0.2) is 78.7 Å². The molecule has 4 aromatic rings. The molecule has 1 amide bonds. The molecule has 2 aromatic carbocycles. The van der Waals surface area contributed by atoms with E-state index in [1.807, 2.05) is 66.0 Å². The second-order valence-electron chi connectivity index (χ2n) is 6.46. The zero-order chi connectivity index (χ0) is 20.1. The highest BCUT2D eigenvalue weighted by atomic mass is 32.1. The molecule has 29 heavy (non-hydrogen) atoms. The van der Waals surface area contributed by atoms with Crippen molar-refractivity contribution in [1.29, 1.82) is 0 Å². The van der Waals surface area contributed by atoms with Gasteiger partial charge in [0.1, 0.15) is 18.4 Å². The van der Waals surface area contributed by atoms with Crippen molar-refractivity contribution in [3.8, 4) is 5.75 Å². The van der Waals surface area contributed by atoms with Crippen molar-refractivity contribution >= 4 is 22.9 Å². The normalized spacial score (nSPS) is 10.7. The van der Waals surface area contributed by atoms with Crippen molar-refractivity contribution in [1.82, 2.24) is 14.8 Å². The van der Waals surface area contributed by atoms with Crippen LogP contribution in [0.25, 0.3) is 0 Å². The lowest BCUT2D eigenvalue weighted by Gasteiger charge is -2.23. The number of aromatic nitrogens is 3. The van der Waals surface area contributed by atoms with Gasteiger partial charge in [-0.1, -0.05) is 18.2 Å². The van der Waals surface area contributed by atoms with Crippen molar-refractivity contribution in [2.24, 2.45) is 0 Å². The first-order chi connectivity index (χ1) is 14.2. The number of methoxy groups -OCH3 is 1. The topological polar surface area (TPSA) is 60.2 Å². The summed E-state index contributed by atoms with van der Waals surface area (Å²) in [6, 6.07) is 19.2. The molecule has 146 valence electrons. The van der Waals surface area contributed by atoms with E-state index >= 15 is 0 Å². The van der Waals surface area contributed by atoms with E-state index in [1.54, 1.807) is 34.4 Å². The van der Waals surface area contributed by atoms with Crippen LogP contribution in [-0.4, -0.2) is 27.8 Å². The molecule has 0 radical (unpaired) electrons. The zero-order valence-corrected chi connectivity index (χ0v) is 16.7. The second kappa shape index (κ2) is 8.70. The fourth-order valence-electron chi connectivity index (χ4n) is 3.01. The summed E-state index contributed by atoms with van der Waals surface area (Å²) in [5.41, 5.74) is 2.52. The fourth-order valence-corrected chi connectivity index (χ4v) is 3.70. The molecule has 6 nitrogen and oxygen atoms in total. The molecule has 0 aliphatic carbocycles. The van der Waals surface area contributed by atoms with Gasteiger partial charge in [-0.05, 0) is 53.4 Å². The van der Waals surface area contributed by atoms with Gasteiger partial charge in [-0.25, -0.2) is 9.67 Å². The van der Waals surface area contributed by atoms with Crippen LogP contribution in [0, 0.1) is 0 Å². The summed E-state index contributed by atoms with van der Waals surface area (Å²) in [5.74, 6) is 0.714. The summed E-state index contributed by atoms with van der Waals surface area (Å²) < 4.78 is 6.99. The number of benzene rings is 2. The maximum Gasteiger partial charge on any atom is 0.258 e. The van der Waals surface area contributed by atoms with Gasteiger partial charge in [-0.3, -0.25) is 4.79 Å². The molecule has 7 heteroatoms. The average molecular weight is 404 g/mol. The molecule has 0 saturated carbocycles. The summed E-state index contributed by atoms with van der Waals surface area (Å²) in [5, 5.41) is 6.13. The number of anilines is 1. The van der Waals surface area contributed by atoms with Crippen molar-refractivity contribution < 1.29 is 9.53 Å². The Morgan fingerprint density at radius 2 is 1.90 bits per heavy atom. The Labute approximate surface area is 173 Å². The maximum absolute atomic E-state index is 13.3. The number of nitrogens with zero attached hydrogens (tertiary/aromatic N) is 4. The summed E-state index contributed by atoms with van der Waals surface area (Å²) in [4.78, 5) is 20.2. The van der Waals surface area contributed by atoms with Gasteiger partial charge in [0.25, 0.3) is 5.91 Å². The predicted molar refractivity (Wildman–Crippen MR) is 113 cm³/mol.